The molecular formula is C19H11N3O5. The van der Waals surface area contributed by atoms with Gasteiger partial charge in [0.05, 0.1) is 17.3 Å². The number of ether oxygens (including phenoxy) is 2. The van der Waals surface area contributed by atoms with Gasteiger partial charge in [0.1, 0.15) is 5.57 Å². The van der Waals surface area contributed by atoms with Gasteiger partial charge in [-0.05, 0) is 35.9 Å². The molecule has 0 bridgehead atoms. The van der Waals surface area contributed by atoms with Crippen LogP contribution in [0.5, 0.6) is 11.5 Å². The van der Waals surface area contributed by atoms with Crippen LogP contribution >= 0.6 is 0 Å². The van der Waals surface area contributed by atoms with Gasteiger partial charge in [-0.15, -0.1) is 0 Å². The van der Waals surface area contributed by atoms with Crippen LogP contribution in [0.2, 0.25) is 0 Å². The Morgan fingerprint density at radius 1 is 1.04 bits per heavy atom. The van der Waals surface area contributed by atoms with Crippen LogP contribution in [0.25, 0.3) is 6.08 Å². The van der Waals surface area contributed by atoms with Crippen LogP contribution in [0.15, 0.2) is 48.0 Å². The summed E-state index contributed by atoms with van der Waals surface area (Å²) in [5.41, 5.74) is 1.05. The summed E-state index contributed by atoms with van der Waals surface area (Å²) in [6.45, 7) is 0.0568. The van der Waals surface area contributed by atoms with Gasteiger partial charge in [0.2, 0.25) is 6.79 Å². The molecule has 2 aliphatic heterocycles. The van der Waals surface area contributed by atoms with E-state index >= 15 is 0 Å². The highest BCUT2D eigenvalue weighted by Crippen LogP contribution is 2.36. The summed E-state index contributed by atoms with van der Waals surface area (Å²) in [7, 11) is 0. The van der Waals surface area contributed by atoms with E-state index in [0.29, 0.717) is 22.6 Å². The lowest BCUT2D eigenvalue weighted by atomic mass is 10.1. The molecule has 2 aromatic rings. The lowest BCUT2D eigenvalue weighted by Gasteiger charge is -2.26. The third kappa shape index (κ3) is 2.87. The van der Waals surface area contributed by atoms with E-state index in [2.05, 4.69) is 5.32 Å². The Morgan fingerprint density at radius 2 is 1.78 bits per heavy atom. The minimum atomic E-state index is -0.846. The van der Waals surface area contributed by atoms with Crippen molar-refractivity contribution in [3.05, 3.63) is 59.2 Å². The molecule has 2 aliphatic rings. The first-order chi connectivity index (χ1) is 13.1. The van der Waals surface area contributed by atoms with Crippen LogP contribution in [0.4, 0.5) is 10.5 Å². The van der Waals surface area contributed by atoms with Gasteiger partial charge in [0.15, 0.2) is 11.5 Å². The average molecular weight is 361 g/mol. The number of hydrogen-bond acceptors (Lipinski definition) is 6. The van der Waals surface area contributed by atoms with E-state index in [-0.39, 0.29) is 18.1 Å². The van der Waals surface area contributed by atoms with Gasteiger partial charge >= 0.3 is 6.03 Å². The number of anilines is 1. The molecule has 0 atom stereocenters. The molecule has 0 radical (unpaired) electrons. The molecule has 0 saturated carbocycles. The first-order valence-corrected chi connectivity index (χ1v) is 7.88. The lowest BCUT2D eigenvalue weighted by molar-refractivity contribution is -0.122. The molecule has 8 nitrogen and oxygen atoms in total. The summed E-state index contributed by atoms with van der Waals surface area (Å²) in [5, 5.41) is 11.0. The second-order valence-electron chi connectivity index (χ2n) is 5.73. The van der Waals surface area contributed by atoms with Gasteiger partial charge in [0.25, 0.3) is 11.8 Å². The normalized spacial score (nSPS) is 17.1. The van der Waals surface area contributed by atoms with Crippen LogP contribution in [0, 0.1) is 11.3 Å². The second kappa shape index (κ2) is 6.31. The number of urea groups is 1. The van der Waals surface area contributed by atoms with Crippen LogP contribution in [0.1, 0.15) is 11.1 Å². The van der Waals surface area contributed by atoms with Gasteiger partial charge in [-0.25, -0.2) is 9.69 Å². The van der Waals surface area contributed by atoms with Crippen LogP contribution in [0.3, 0.4) is 0 Å². The van der Waals surface area contributed by atoms with E-state index in [1.807, 2.05) is 6.07 Å². The molecule has 27 heavy (non-hydrogen) atoms. The van der Waals surface area contributed by atoms with Crippen molar-refractivity contribution in [2.24, 2.45) is 0 Å². The highest BCUT2D eigenvalue weighted by Gasteiger charge is 2.37. The van der Waals surface area contributed by atoms with Crippen molar-refractivity contribution in [1.82, 2.24) is 5.32 Å². The molecule has 8 heteroatoms. The van der Waals surface area contributed by atoms with Crippen molar-refractivity contribution in [2.45, 2.75) is 0 Å². The second-order valence-corrected chi connectivity index (χ2v) is 5.73. The molecule has 132 valence electrons. The molecule has 2 heterocycles. The SMILES string of the molecule is N#Cc1ccc(C=C2C(=O)NC(=O)N(c3ccc4c(c3)OCO4)C2=O)cc1. The first-order valence-electron chi connectivity index (χ1n) is 7.88. The summed E-state index contributed by atoms with van der Waals surface area (Å²) in [6, 6.07) is 12.1. The van der Waals surface area contributed by atoms with Gasteiger partial charge in [-0.2, -0.15) is 5.26 Å². The Balaban J connectivity index is 1.70. The fraction of sp³-hybridized carbons (Fsp3) is 0.0526. The van der Waals surface area contributed by atoms with E-state index in [4.69, 9.17) is 14.7 Å². The number of hydrogen-bond donors (Lipinski definition) is 1. The third-order valence-corrected chi connectivity index (χ3v) is 4.07. The van der Waals surface area contributed by atoms with Gasteiger partial charge in [-0.1, -0.05) is 12.1 Å². The fourth-order valence-corrected chi connectivity index (χ4v) is 2.74. The molecule has 4 amide bonds. The predicted octanol–water partition coefficient (Wildman–Crippen LogP) is 1.95. The zero-order valence-corrected chi connectivity index (χ0v) is 13.8. The number of nitrogens with zero attached hydrogens (tertiary/aromatic N) is 2. The molecule has 0 spiro atoms. The van der Waals surface area contributed by atoms with Crippen molar-refractivity contribution in [1.29, 1.82) is 5.26 Å². The van der Waals surface area contributed by atoms with Crippen molar-refractivity contribution in [3.8, 4) is 17.6 Å². The van der Waals surface area contributed by atoms with Crippen molar-refractivity contribution in [2.75, 3.05) is 11.7 Å². The Morgan fingerprint density at radius 3 is 2.52 bits per heavy atom. The molecule has 1 fully saturated rings. The monoisotopic (exact) mass is 361 g/mol. The van der Waals surface area contributed by atoms with Crippen molar-refractivity contribution >= 4 is 29.6 Å². The van der Waals surface area contributed by atoms with E-state index in [1.54, 1.807) is 30.3 Å². The van der Waals surface area contributed by atoms with Gasteiger partial charge in [-0.3, -0.25) is 14.9 Å². The van der Waals surface area contributed by atoms with E-state index in [1.165, 1.54) is 18.2 Å². The van der Waals surface area contributed by atoms with Gasteiger partial charge in [0, 0.05) is 6.07 Å². The molecule has 4 rings (SSSR count). The zero-order valence-electron chi connectivity index (χ0n) is 13.8. The van der Waals surface area contributed by atoms with Crippen LogP contribution in [-0.4, -0.2) is 24.6 Å². The third-order valence-electron chi connectivity index (χ3n) is 4.07. The predicted molar refractivity (Wildman–Crippen MR) is 92.7 cm³/mol. The number of nitriles is 1. The summed E-state index contributed by atoms with van der Waals surface area (Å²) in [5.74, 6) is -0.631. The Bertz CT molecular complexity index is 1050. The smallest absolute Gasteiger partial charge is 0.335 e. The van der Waals surface area contributed by atoms with Gasteiger partial charge < -0.3 is 9.47 Å². The quantitative estimate of drug-likeness (QED) is 0.647. The standard InChI is InChI=1S/C19H11N3O5/c20-9-12-3-1-11(2-4-12)7-14-17(23)21-19(25)22(18(14)24)13-5-6-15-16(8-13)27-10-26-15/h1-8H,10H2,(H,21,23,25). The number of imide groups is 2. The average Bonchev–Trinajstić information content (AvgIpc) is 3.13. The fourth-order valence-electron chi connectivity index (χ4n) is 2.74. The number of benzene rings is 2. The highest BCUT2D eigenvalue weighted by atomic mass is 16.7. The summed E-state index contributed by atoms with van der Waals surface area (Å²) < 4.78 is 10.5. The number of barbiturate groups is 1. The minimum absolute atomic E-state index is 0.0568. The number of fused-ring (bicyclic) bond motifs is 1. The molecule has 2 aromatic carbocycles. The Hall–Kier alpha value is -4.12. The molecule has 0 aliphatic carbocycles. The lowest BCUT2D eigenvalue weighted by Crippen LogP contribution is -2.54. The highest BCUT2D eigenvalue weighted by molar-refractivity contribution is 6.39. The maximum atomic E-state index is 12.8. The maximum Gasteiger partial charge on any atom is 0.335 e. The molecular weight excluding hydrogens is 350 g/mol. The maximum absolute atomic E-state index is 12.8. The van der Waals surface area contributed by atoms with Crippen molar-refractivity contribution < 1.29 is 23.9 Å². The zero-order chi connectivity index (χ0) is 19.0. The number of rotatable bonds is 2. The summed E-state index contributed by atoms with van der Waals surface area (Å²) in [4.78, 5) is 38.1. The van der Waals surface area contributed by atoms with Crippen molar-refractivity contribution in [3.63, 3.8) is 0 Å². The molecule has 1 N–H and O–H groups in total. The number of nitrogens with one attached hydrogen (secondary N) is 1. The summed E-state index contributed by atoms with van der Waals surface area (Å²) >= 11 is 0. The first kappa shape index (κ1) is 16.4. The topological polar surface area (TPSA) is 109 Å². The van der Waals surface area contributed by atoms with E-state index in [0.717, 1.165) is 4.90 Å². The van der Waals surface area contributed by atoms with E-state index < -0.39 is 17.8 Å². The van der Waals surface area contributed by atoms with E-state index in [9.17, 15) is 14.4 Å². The minimum Gasteiger partial charge on any atom is -0.454 e. The van der Waals surface area contributed by atoms with Crippen LogP contribution in [-0.2, 0) is 9.59 Å². The Kier molecular flexibility index (Phi) is 3.82. The number of carbonyl (C=O) groups is 3. The van der Waals surface area contributed by atoms with Crippen LogP contribution < -0.4 is 19.7 Å². The molecule has 0 aromatic heterocycles. The summed E-state index contributed by atoms with van der Waals surface area (Å²) in [6.07, 6.45) is 1.37. The Labute approximate surface area is 153 Å². The molecule has 0 unspecified atom stereocenters. The molecule has 1 saturated heterocycles. The number of carbonyl (C=O) groups excluding carboxylic acids is 3. The number of amides is 4. The largest absolute Gasteiger partial charge is 0.454 e.